The first kappa shape index (κ1) is 12.6. The van der Waals surface area contributed by atoms with E-state index in [0.29, 0.717) is 0 Å². The van der Waals surface area contributed by atoms with Crippen molar-refractivity contribution >= 4 is 0 Å². The number of fused-ring (bicyclic) bond motifs is 6. The average Bonchev–Trinajstić information content (AvgIpc) is 2.48. The van der Waals surface area contributed by atoms with Crippen LogP contribution >= 0.6 is 0 Å². The quantitative estimate of drug-likeness (QED) is 0.716. The van der Waals surface area contributed by atoms with E-state index in [1.54, 1.807) is 6.42 Å². The van der Waals surface area contributed by atoms with E-state index in [-0.39, 0.29) is 0 Å². The summed E-state index contributed by atoms with van der Waals surface area (Å²) in [7, 11) is 0. The molecular weight excluding hydrogens is 232 g/mol. The second-order valence-electron chi connectivity index (χ2n) is 7.49. The molecule has 4 aliphatic rings. The van der Waals surface area contributed by atoms with Gasteiger partial charge in [0.2, 0.25) is 0 Å². The first-order chi connectivity index (χ1) is 9.38. The fourth-order valence-corrected chi connectivity index (χ4v) is 5.98. The summed E-state index contributed by atoms with van der Waals surface area (Å²) in [4.78, 5) is 5.87. The molecule has 4 saturated heterocycles. The average molecular weight is 262 g/mol. The van der Waals surface area contributed by atoms with Crippen LogP contribution in [0.3, 0.4) is 0 Å². The van der Waals surface area contributed by atoms with Crippen molar-refractivity contribution in [3.8, 4) is 0 Å². The zero-order valence-corrected chi connectivity index (χ0v) is 12.6. The highest BCUT2D eigenvalue weighted by molar-refractivity contribution is 5.04. The molecule has 19 heavy (non-hydrogen) atoms. The topological polar surface area (TPSA) is 6.48 Å². The summed E-state index contributed by atoms with van der Waals surface area (Å²) in [6.07, 6.45) is 11.8. The largest absolute Gasteiger partial charge is 0.300 e. The van der Waals surface area contributed by atoms with Gasteiger partial charge in [-0.25, -0.2) is 0 Å². The van der Waals surface area contributed by atoms with Gasteiger partial charge in [-0.05, 0) is 63.5 Å². The molecule has 0 amide bonds. The SMILES string of the molecule is CCC1[C@@H]2C[C@@H](CN3CCCC[C@H]23)[C@@H]2CCCCN12. The van der Waals surface area contributed by atoms with E-state index in [2.05, 4.69) is 16.7 Å². The Morgan fingerprint density at radius 1 is 0.947 bits per heavy atom. The lowest BCUT2D eigenvalue weighted by molar-refractivity contribution is -0.107. The first-order valence-electron chi connectivity index (χ1n) is 8.88. The van der Waals surface area contributed by atoms with Crippen LogP contribution in [0.5, 0.6) is 0 Å². The Labute approximate surface area is 118 Å². The van der Waals surface area contributed by atoms with Crippen molar-refractivity contribution in [1.82, 2.24) is 9.80 Å². The second kappa shape index (κ2) is 5.04. The van der Waals surface area contributed by atoms with Crippen LogP contribution in [0.15, 0.2) is 0 Å². The van der Waals surface area contributed by atoms with Crippen LogP contribution in [-0.4, -0.2) is 47.6 Å². The maximum atomic E-state index is 2.97. The molecule has 0 N–H and O–H groups in total. The summed E-state index contributed by atoms with van der Waals surface area (Å²) >= 11 is 0. The standard InChI is InChI=1S/C17H30N2/c1-2-15-14-11-13(16-7-4-6-10-19(15)16)12-18-9-5-3-8-17(14)18/h13-17H,2-12H2,1H3/t13-,14-,15?,16-,17+/m0/s1. The van der Waals surface area contributed by atoms with Crippen molar-refractivity contribution in [3.63, 3.8) is 0 Å². The van der Waals surface area contributed by atoms with Crippen molar-refractivity contribution in [2.45, 2.75) is 76.4 Å². The van der Waals surface area contributed by atoms with Crippen LogP contribution in [0.2, 0.25) is 0 Å². The van der Waals surface area contributed by atoms with Crippen LogP contribution in [0, 0.1) is 11.8 Å². The predicted molar refractivity (Wildman–Crippen MR) is 79.2 cm³/mol. The summed E-state index contributed by atoms with van der Waals surface area (Å²) in [6.45, 7) is 6.68. The molecule has 0 aromatic carbocycles. The molecule has 5 atom stereocenters. The summed E-state index contributed by atoms with van der Waals surface area (Å²) in [5, 5.41) is 0. The lowest BCUT2D eigenvalue weighted by Gasteiger charge is -2.60. The predicted octanol–water partition coefficient (Wildman–Crippen LogP) is 3.12. The third-order valence-electron chi connectivity index (χ3n) is 6.68. The van der Waals surface area contributed by atoms with E-state index >= 15 is 0 Å². The van der Waals surface area contributed by atoms with E-state index in [1.165, 1.54) is 64.6 Å². The number of rotatable bonds is 1. The zero-order chi connectivity index (χ0) is 12.8. The van der Waals surface area contributed by atoms with Gasteiger partial charge in [0.15, 0.2) is 0 Å². The first-order valence-corrected chi connectivity index (χ1v) is 8.88. The molecule has 0 aromatic rings. The molecule has 4 fully saturated rings. The van der Waals surface area contributed by atoms with Gasteiger partial charge < -0.3 is 0 Å². The number of piperidine rings is 4. The van der Waals surface area contributed by atoms with Crippen LogP contribution < -0.4 is 0 Å². The molecule has 0 aliphatic carbocycles. The summed E-state index contributed by atoms with van der Waals surface area (Å²) in [5.74, 6) is 2.00. The number of hydrogen-bond donors (Lipinski definition) is 0. The molecule has 2 bridgehead atoms. The van der Waals surface area contributed by atoms with E-state index < -0.39 is 0 Å². The van der Waals surface area contributed by atoms with Gasteiger partial charge in [-0.1, -0.05) is 19.8 Å². The molecule has 108 valence electrons. The van der Waals surface area contributed by atoms with Crippen molar-refractivity contribution in [3.05, 3.63) is 0 Å². The Bertz CT molecular complexity index is 327. The highest BCUT2D eigenvalue weighted by Gasteiger charge is 2.50. The molecule has 2 heteroatoms. The smallest absolute Gasteiger partial charge is 0.0139 e. The lowest BCUT2D eigenvalue weighted by Crippen LogP contribution is -2.67. The zero-order valence-electron chi connectivity index (χ0n) is 12.6. The molecule has 0 spiro atoms. The van der Waals surface area contributed by atoms with E-state index in [4.69, 9.17) is 0 Å². The Morgan fingerprint density at radius 3 is 2.58 bits per heavy atom. The highest BCUT2D eigenvalue weighted by atomic mass is 15.3. The maximum absolute atomic E-state index is 2.97. The van der Waals surface area contributed by atoms with Crippen LogP contribution in [0.4, 0.5) is 0 Å². The van der Waals surface area contributed by atoms with Gasteiger partial charge in [0.25, 0.3) is 0 Å². The molecule has 4 heterocycles. The van der Waals surface area contributed by atoms with Crippen LogP contribution in [0.1, 0.15) is 58.3 Å². The molecule has 4 rings (SSSR count). The van der Waals surface area contributed by atoms with E-state index in [1.807, 2.05) is 0 Å². The normalized spacial score (nSPS) is 47.5. The molecule has 0 saturated carbocycles. The molecule has 1 unspecified atom stereocenters. The minimum Gasteiger partial charge on any atom is -0.300 e. The summed E-state index contributed by atoms with van der Waals surface area (Å²) < 4.78 is 0. The van der Waals surface area contributed by atoms with Gasteiger partial charge >= 0.3 is 0 Å². The third kappa shape index (κ3) is 1.98. The molecule has 4 aliphatic heterocycles. The lowest BCUT2D eigenvalue weighted by atomic mass is 9.67. The van der Waals surface area contributed by atoms with Crippen molar-refractivity contribution in [2.24, 2.45) is 11.8 Å². The van der Waals surface area contributed by atoms with Crippen LogP contribution in [-0.2, 0) is 0 Å². The molecule has 2 nitrogen and oxygen atoms in total. The fourth-order valence-electron chi connectivity index (χ4n) is 5.98. The summed E-state index contributed by atoms with van der Waals surface area (Å²) in [6, 6.07) is 2.79. The molecule has 0 aromatic heterocycles. The molecule has 0 radical (unpaired) electrons. The minimum atomic E-state index is 0.910. The van der Waals surface area contributed by atoms with Gasteiger partial charge in [-0.15, -0.1) is 0 Å². The van der Waals surface area contributed by atoms with Gasteiger partial charge in [0.1, 0.15) is 0 Å². The van der Waals surface area contributed by atoms with Gasteiger partial charge in [0.05, 0.1) is 0 Å². The van der Waals surface area contributed by atoms with E-state index in [9.17, 15) is 0 Å². The Kier molecular flexibility index (Phi) is 3.35. The van der Waals surface area contributed by atoms with Crippen molar-refractivity contribution in [2.75, 3.05) is 19.6 Å². The fraction of sp³-hybridized carbons (Fsp3) is 1.00. The highest BCUT2D eigenvalue weighted by Crippen LogP contribution is 2.46. The van der Waals surface area contributed by atoms with Crippen LogP contribution in [0.25, 0.3) is 0 Å². The van der Waals surface area contributed by atoms with E-state index in [0.717, 1.165) is 30.0 Å². The Hall–Kier alpha value is -0.0800. The van der Waals surface area contributed by atoms with Crippen molar-refractivity contribution < 1.29 is 0 Å². The Balaban J connectivity index is 1.63. The minimum absolute atomic E-state index is 0.910. The second-order valence-corrected chi connectivity index (χ2v) is 7.49. The monoisotopic (exact) mass is 262 g/mol. The van der Waals surface area contributed by atoms with Gasteiger partial charge in [-0.2, -0.15) is 0 Å². The maximum Gasteiger partial charge on any atom is 0.0139 e. The summed E-state index contributed by atoms with van der Waals surface area (Å²) in [5.41, 5.74) is 0. The van der Waals surface area contributed by atoms with Gasteiger partial charge in [0, 0.05) is 24.7 Å². The van der Waals surface area contributed by atoms with Crippen molar-refractivity contribution in [1.29, 1.82) is 0 Å². The number of nitrogens with zero attached hydrogens (tertiary/aromatic N) is 2. The van der Waals surface area contributed by atoms with Gasteiger partial charge in [-0.3, -0.25) is 9.80 Å². The Morgan fingerprint density at radius 2 is 1.74 bits per heavy atom. The molecular formula is C17H30N2. The third-order valence-corrected chi connectivity index (χ3v) is 6.68. The number of hydrogen-bond acceptors (Lipinski definition) is 2.